The van der Waals surface area contributed by atoms with E-state index in [0.717, 1.165) is 21.4 Å². The highest BCUT2D eigenvalue weighted by molar-refractivity contribution is 7.99. The van der Waals surface area contributed by atoms with Gasteiger partial charge in [-0.3, -0.25) is 9.78 Å². The van der Waals surface area contributed by atoms with E-state index in [9.17, 15) is 9.18 Å². The predicted octanol–water partition coefficient (Wildman–Crippen LogP) is 5.97. The minimum Gasteiger partial charge on any atom is -0.452 e. The quantitative estimate of drug-likeness (QED) is 0.279. The number of rotatable bonds is 8. The second-order valence-electron chi connectivity index (χ2n) is 8.20. The first-order valence-electron chi connectivity index (χ1n) is 11.4. The summed E-state index contributed by atoms with van der Waals surface area (Å²) in [7, 11) is 0. The topological polar surface area (TPSA) is 70.4 Å². The van der Waals surface area contributed by atoms with Gasteiger partial charge >= 0.3 is 0 Å². The number of thiocarbonyl (C=S) groups is 1. The molecule has 0 unspecified atom stereocenters. The summed E-state index contributed by atoms with van der Waals surface area (Å²) in [5.74, 6) is 0.188. The summed E-state index contributed by atoms with van der Waals surface area (Å²) in [5, 5.41) is 7.46. The number of anilines is 1. The van der Waals surface area contributed by atoms with E-state index in [1.807, 2.05) is 65.6 Å². The van der Waals surface area contributed by atoms with Crippen LogP contribution < -0.4 is 10.6 Å². The van der Waals surface area contributed by atoms with Crippen LogP contribution in [-0.2, 0) is 4.79 Å². The fourth-order valence-electron chi connectivity index (χ4n) is 4.09. The number of aromatic nitrogens is 1. The fourth-order valence-corrected chi connectivity index (χ4v) is 5.22. The van der Waals surface area contributed by atoms with Crippen LogP contribution in [0.2, 0.25) is 0 Å². The third-order valence-corrected chi connectivity index (χ3v) is 7.04. The first-order valence-corrected chi connectivity index (χ1v) is 12.7. The molecule has 1 fully saturated rings. The lowest BCUT2D eigenvalue weighted by Crippen LogP contribution is -2.32. The van der Waals surface area contributed by atoms with Gasteiger partial charge < -0.3 is 20.0 Å². The maximum absolute atomic E-state index is 13.2. The Hall–Kier alpha value is -3.69. The van der Waals surface area contributed by atoms with E-state index in [4.69, 9.17) is 16.6 Å². The molecule has 6 nitrogen and oxygen atoms in total. The molecule has 1 aliphatic rings. The Morgan fingerprint density at radius 3 is 2.58 bits per heavy atom. The van der Waals surface area contributed by atoms with Gasteiger partial charge in [0, 0.05) is 29.7 Å². The molecule has 36 heavy (non-hydrogen) atoms. The number of carbonyl (C=O) groups is 1. The van der Waals surface area contributed by atoms with E-state index in [1.165, 1.54) is 24.3 Å². The van der Waals surface area contributed by atoms with E-state index < -0.39 is 0 Å². The molecule has 4 aromatic rings. The van der Waals surface area contributed by atoms with Crippen LogP contribution in [-0.4, -0.2) is 27.4 Å². The van der Waals surface area contributed by atoms with Crippen molar-refractivity contribution in [2.45, 2.75) is 28.5 Å². The smallest absolute Gasteiger partial charge is 0.226 e. The molecule has 9 heteroatoms. The zero-order chi connectivity index (χ0) is 24.9. The molecule has 2 N–H and O–H groups in total. The first kappa shape index (κ1) is 24.0. The molecule has 1 saturated heterocycles. The predicted molar refractivity (Wildman–Crippen MR) is 141 cm³/mol. The van der Waals surface area contributed by atoms with Gasteiger partial charge in [-0.2, -0.15) is 0 Å². The number of pyridine rings is 1. The molecular formula is C27H23FN4O2S2. The number of hydrogen-bond acceptors (Lipinski definition) is 5. The number of hydrogen-bond donors (Lipinski definition) is 2. The zero-order valence-corrected chi connectivity index (χ0v) is 20.8. The Bertz CT molecular complexity index is 1330. The van der Waals surface area contributed by atoms with Crippen LogP contribution in [0.3, 0.4) is 0 Å². The monoisotopic (exact) mass is 518 g/mol. The zero-order valence-electron chi connectivity index (χ0n) is 19.1. The van der Waals surface area contributed by atoms with E-state index >= 15 is 0 Å². The van der Waals surface area contributed by atoms with Gasteiger partial charge in [-0.05, 0) is 72.9 Å². The van der Waals surface area contributed by atoms with Crippen LogP contribution in [0.15, 0.2) is 106 Å². The van der Waals surface area contributed by atoms with Crippen molar-refractivity contribution in [2.75, 3.05) is 11.9 Å². The number of amides is 1. The summed E-state index contributed by atoms with van der Waals surface area (Å²) in [6.07, 6.45) is 1.94. The first-order chi connectivity index (χ1) is 17.6. The molecule has 2 aromatic heterocycles. The van der Waals surface area contributed by atoms with Crippen molar-refractivity contribution in [1.82, 2.24) is 15.2 Å². The minimum absolute atomic E-state index is 0.191. The fraction of sp³-hybridized carbons (Fsp3) is 0.148. The summed E-state index contributed by atoms with van der Waals surface area (Å²) in [4.78, 5) is 20.2. The molecule has 0 spiro atoms. The molecular weight excluding hydrogens is 495 g/mol. The van der Waals surface area contributed by atoms with Crippen molar-refractivity contribution in [1.29, 1.82) is 0 Å². The number of benzene rings is 2. The molecule has 2 atom stereocenters. The molecule has 0 radical (unpaired) electrons. The van der Waals surface area contributed by atoms with Gasteiger partial charge in [-0.15, -0.1) is 0 Å². The molecule has 3 heterocycles. The van der Waals surface area contributed by atoms with Gasteiger partial charge in [0.2, 0.25) is 5.91 Å². The van der Waals surface area contributed by atoms with Crippen LogP contribution in [0, 0.1) is 5.82 Å². The van der Waals surface area contributed by atoms with Gasteiger partial charge in [0.05, 0.1) is 11.7 Å². The Morgan fingerprint density at radius 2 is 1.83 bits per heavy atom. The van der Waals surface area contributed by atoms with Crippen molar-refractivity contribution in [2.24, 2.45) is 0 Å². The normalized spacial score (nSPS) is 17.1. The van der Waals surface area contributed by atoms with E-state index in [-0.39, 0.29) is 30.2 Å². The average Bonchev–Trinajstić information content (AvgIpc) is 3.49. The Kier molecular flexibility index (Phi) is 7.29. The molecule has 0 aliphatic carbocycles. The van der Waals surface area contributed by atoms with Crippen LogP contribution in [0.25, 0.3) is 0 Å². The van der Waals surface area contributed by atoms with Gasteiger partial charge in [-0.25, -0.2) is 4.39 Å². The lowest BCUT2D eigenvalue weighted by Gasteiger charge is -2.25. The van der Waals surface area contributed by atoms with Crippen molar-refractivity contribution < 1.29 is 13.6 Å². The summed E-state index contributed by atoms with van der Waals surface area (Å²) < 4.78 is 19.4. The van der Waals surface area contributed by atoms with Gasteiger partial charge in [-0.1, -0.05) is 36.0 Å². The highest BCUT2D eigenvalue weighted by Crippen LogP contribution is 2.41. The molecule has 1 amide bonds. The summed E-state index contributed by atoms with van der Waals surface area (Å²) in [5.41, 5.74) is 1.37. The third kappa shape index (κ3) is 5.58. The number of nitrogens with zero attached hydrogens (tertiary/aromatic N) is 2. The Morgan fingerprint density at radius 1 is 1.06 bits per heavy atom. The molecule has 5 rings (SSSR count). The van der Waals surface area contributed by atoms with E-state index in [2.05, 4.69) is 15.6 Å². The maximum Gasteiger partial charge on any atom is 0.226 e. The Balaban J connectivity index is 1.35. The number of carbonyl (C=O) groups excluding carboxylic acids is 1. The number of nitrogens with one attached hydrogen (secondary N) is 2. The molecule has 0 saturated carbocycles. The van der Waals surface area contributed by atoms with Crippen LogP contribution in [0.5, 0.6) is 0 Å². The minimum atomic E-state index is -0.354. The van der Waals surface area contributed by atoms with Crippen LogP contribution in [0.4, 0.5) is 10.1 Å². The average molecular weight is 519 g/mol. The standard InChI is InChI=1S/C27H23FN4O2S2/c28-18-9-11-19(12-10-18)30-23(33)15-17-32-26(25(31-27(32)35)21-8-4-5-16-29-21)22-13-14-24(34-22)36-20-6-2-1-3-7-20/h1-14,16,25-26H,15,17H2,(H,30,33)(H,31,35)/t25-,26-/m1/s1. The number of furan rings is 1. The highest BCUT2D eigenvalue weighted by atomic mass is 32.2. The summed E-state index contributed by atoms with van der Waals surface area (Å²) in [6.45, 7) is 0.370. The van der Waals surface area contributed by atoms with E-state index in [0.29, 0.717) is 17.3 Å². The second-order valence-corrected chi connectivity index (χ2v) is 9.66. The Labute approximate surface area is 217 Å². The lowest BCUT2D eigenvalue weighted by atomic mass is 10.0. The summed E-state index contributed by atoms with van der Waals surface area (Å²) in [6, 6.07) is 24.8. The van der Waals surface area contributed by atoms with Crippen molar-refractivity contribution in [3.05, 3.63) is 108 Å². The van der Waals surface area contributed by atoms with Crippen LogP contribution >= 0.6 is 24.0 Å². The molecule has 2 aromatic carbocycles. The van der Waals surface area contributed by atoms with E-state index in [1.54, 1.807) is 18.0 Å². The molecule has 1 aliphatic heterocycles. The molecule has 0 bridgehead atoms. The largest absolute Gasteiger partial charge is 0.452 e. The van der Waals surface area contributed by atoms with Gasteiger partial charge in [0.25, 0.3) is 0 Å². The highest BCUT2D eigenvalue weighted by Gasteiger charge is 2.41. The van der Waals surface area contributed by atoms with Gasteiger partial charge in [0.15, 0.2) is 10.2 Å². The lowest BCUT2D eigenvalue weighted by molar-refractivity contribution is -0.116. The second kappa shape index (κ2) is 10.9. The van der Waals surface area contributed by atoms with Crippen molar-refractivity contribution >= 4 is 40.7 Å². The van der Waals surface area contributed by atoms with Crippen molar-refractivity contribution in [3.63, 3.8) is 0 Å². The van der Waals surface area contributed by atoms with Crippen molar-refractivity contribution in [3.8, 4) is 0 Å². The molecule has 182 valence electrons. The van der Waals surface area contributed by atoms with Gasteiger partial charge in [0.1, 0.15) is 17.6 Å². The number of halogens is 1. The van der Waals surface area contributed by atoms with Crippen LogP contribution in [0.1, 0.15) is 30.0 Å². The maximum atomic E-state index is 13.2. The third-order valence-electron chi connectivity index (χ3n) is 5.76. The SMILES string of the molecule is O=C(CCN1C(=S)N[C@H](c2ccccn2)[C@H]1c1ccc(Sc2ccccc2)o1)Nc1ccc(F)cc1. The summed E-state index contributed by atoms with van der Waals surface area (Å²) >= 11 is 7.21.